The number of nitrogens with one attached hydrogen (secondary N) is 2. The number of benzene rings is 1. The van der Waals surface area contributed by atoms with Gasteiger partial charge < -0.3 is 14.4 Å². The molecule has 0 atom stereocenters. The third-order valence-corrected chi connectivity index (χ3v) is 4.10. The molecular weight excluding hydrogens is 224 g/mol. The summed E-state index contributed by atoms with van der Waals surface area (Å²) >= 11 is 0. The van der Waals surface area contributed by atoms with Crippen LogP contribution in [0.4, 0.5) is 0 Å². The Morgan fingerprint density at radius 2 is 1.89 bits per heavy atom. The Labute approximate surface area is 108 Å². The van der Waals surface area contributed by atoms with Crippen LogP contribution < -0.4 is 9.80 Å². The molecule has 1 aliphatic heterocycles. The smallest absolute Gasteiger partial charge is 0.165 e. The van der Waals surface area contributed by atoms with E-state index in [1.807, 2.05) is 0 Å². The summed E-state index contributed by atoms with van der Waals surface area (Å²) in [6.45, 7) is 6.13. The van der Waals surface area contributed by atoms with Crippen molar-refractivity contribution in [3.8, 4) is 0 Å². The third-order valence-electron chi connectivity index (χ3n) is 4.10. The number of likely N-dealkylation sites (N-methyl/N-ethyl adjacent to an activating group) is 1. The highest BCUT2D eigenvalue weighted by Gasteiger charge is 2.22. The number of hydrogen-bond donors (Lipinski definition) is 2. The first-order chi connectivity index (χ1) is 8.74. The highest BCUT2D eigenvalue weighted by molar-refractivity contribution is 5.75. The van der Waals surface area contributed by atoms with Crippen LogP contribution >= 0.6 is 0 Å². The Balaban J connectivity index is 1.80. The van der Waals surface area contributed by atoms with E-state index in [2.05, 4.69) is 42.9 Å². The van der Waals surface area contributed by atoms with E-state index in [-0.39, 0.29) is 0 Å². The average Bonchev–Trinajstić information content (AvgIpc) is 2.70. The molecule has 0 radical (unpaired) electrons. The van der Waals surface area contributed by atoms with Crippen LogP contribution in [0, 0.1) is 0 Å². The summed E-state index contributed by atoms with van der Waals surface area (Å²) in [6.07, 6.45) is 0. The molecule has 2 N–H and O–H groups in total. The van der Waals surface area contributed by atoms with E-state index in [4.69, 9.17) is 4.98 Å². The van der Waals surface area contributed by atoms with Gasteiger partial charge in [-0.3, -0.25) is 0 Å². The van der Waals surface area contributed by atoms with E-state index in [1.165, 1.54) is 37.5 Å². The van der Waals surface area contributed by atoms with E-state index in [9.17, 15) is 0 Å². The van der Waals surface area contributed by atoms with Crippen LogP contribution in [-0.2, 0) is 13.6 Å². The van der Waals surface area contributed by atoms with Crippen molar-refractivity contribution in [1.29, 1.82) is 0 Å². The quantitative estimate of drug-likeness (QED) is 0.662. The van der Waals surface area contributed by atoms with Crippen molar-refractivity contribution < 1.29 is 9.80 Å². The maximum atomic E-state index is 4.76. The van der Waals surface area contributed by atoms with Crippen molar-refractivity contribution in [1.82, 2.24) is 9.55 Å². The summed E-state index contributed by atoms with van der Waals surface area (Å²) in [6, 6.07) is 8.39. The molecule has 1 aliphatic rings. The van der Waals surface area contributed by atoms with E-state index in [0.29, 0.717) is 0 Å². The molecule has 0 spiro atoms. The SMILES string of the molecule is Cn1c(C[NH+]2CC[NH+](C)CC2)nc2ccccc21. The minimum Gasteiger partial charge on any atom is -0.328 e. The lowest BCUT2D eigenvalue weighted by molar-refractivity contribution is -1.01. The second-order valence-corrected chi connectivity index (χ2v) is 5.46. The number of piperazine rings is 1. The summed E-state index contributed by atoms with van der Waals surface area (Å²) in [7, 11) is 4.41. The molecule has 4 nitrogen and oxygen atoms in total. The monoisotopic (exact) mass is 246 g/mol. The minimum absolute atomic E-state index is 1.05. The number of aromatic nitrogens is 2. The van der Waals surface area contributed by atoms with Gasteiger partial charge in [-0.05, 0) is 12.1 Å². The number of para-hydroxylation sites is 2. The Bertz CT molecular complexity index is 538. The molecular formula is C14H22N4+2. The van der Waals surface area contributed by atoms with Gasteiger partial charge in [0.15, 0.2) is 5.82 Å². The first-order valence-corrected chi connectivity index (χ1v) is 6.79. The van der Waals surface area contributed by atoms with Crippen molar-refractivity contribution in [3.05, 3.63) is 30.1 Å². The third kappa shape index (κ3) is 2.13. The standard InChI is InChI=1S/C14H20N4/c1-16-7-9-18(10-8-16)11-14-15-12-5-3-4-6-13(12)17(14)2/h3-6H,7-11H2,1-2H3/p+2. The van der Waals surface area contributed by atoms with Gasteiger partial charge in [-0.2, -0.15) is 0 Å². The molecule has 96 valence electrons. The number of nitrogens with zero attached hydrogens (tertiary/aromatic N) is 2. The molecule has 0 bridgehead atoms. The predicted molar refractivity (Wildman–Crippen MR) is 71.7 cm³/mol. The van der Waals surface area contributed by atoms with E-state index in [1.54, 1.807) is 9.80 Å². The first-order valence-electron chi connectivity index (χ1n) is 6.79. The molecule has 0 unspecified atom stereocenters. The first kappa shape index (κ1) is 11.7. The fraction of sp³-hybridized carbons (Fsp3) is 0.500. The normalized spacial score (nSPS) is 24.6. The second-order valence-electron chi connectivity index (χ2n) is 5.46. The molecule has 1 saturated heterocycles. The fourth-order valence-corrected chi connectivity index (χ4v) is 2.78. The zero-order valence-corrected chi connectivity index (χ0v) is 11.2. The molecule has 0 amide bonds. The molecule has 18 heavy (non-hydrogen) atoms. The van der Waals surface area contributed by atoms with Crippen molar-refractivity contribution in [2.24, 2.45) is 7.05 Å². The summed E-state index contributed by atoms with van der Waals surface area (Å²) in [5.74, 6) is 1.21. The van der Waals surface area contributed by atoms with E-state index < -0.39 is 0 Å². The zero-order chi connectivity index (χ0) is 12.5. The van der Waals surface area contributed by atoms with Crippen molar-refractivity contribution in [3.63, 3.8) is 0 Å². The van der Waals surface area contributed by atoms with Gasteiger partial charge in [-0.25, -0.2) is 4.98 Å². The average molecular weight is 246 g/mol. The van der Waals surface area contributed by atoms with E-state index in [0.717, 1.165) is 12.1 Å². The highest BCUT2D eigenvalue weighted by atomic mass is 15.3. The van der Waals surface area contributed by atoms with Crippen LogP contribution in [0.15, 0.2) is 24.3 Å². The Morgan fingerprint density at radius 3 is 2.61 bits per heavy atom. The highest BCUT2D eigenvalue weighted by Crippen LogP contribution is 2.13. The summed E-state index contributed by atoms with van der Waals surface area (Å²) in [5, 5.41) is 0. The van der Waals surface area contributed by atoms with E-state index >= 15 is 0 Å². The van der Waals surface area contributed by atoms with Gasteiger partial charge in [-0.15, -0.1) is 0 Å². The molecule has 1 fully saturated rings. The summed E-state index contributed by atoms with van der Waals surface area (Å²) in [5.41, 5.74) is 2.36. The molecule has 4 heteroatoms. The van der Waals surface area contributed by atoms with Gasteiger partial charge >= 0.3 is 0 Å². The van der Waals surface area contributed by atoms with Crippen LogP contribution in [0.25, 0.3) is 11.0 Å². The second kappa shape index (κ2) is 4.71. The molecule has 1 aromatic carbocycles. The maximum Gasteiger partial charge on any atom is 0.165 e. The lowest BCUT2D eigenvalue weighted by Crippen LogP contribution is -3.26. The summed E-state index contributed by atoms with van der Waals surface area (Å²) in [4.78, 5) is 8.08. The number of rotatable bonds is 2. The van der Waals surface area contributed by atoms with Crippen molar-refractivity contribution in [2.45, 2.75) is 6.54 Å². The number of hydrogen-bond acceptors (Lipinski definition) is 1. The predicted octanol–water partition coefficient (Wildman–Crippen LogP) is -1.51. The molecule has 1 aromatic heterocycles. The number of fused-ring (bicyclic) bond motifs is 1. The Kier molecular flexibility index (Phi) is 3.06. The van der Waals surface area contributed by atoms with Gasteiger partial charge in [0, 0.05) is 7.05 Å². The van der Waals surface area contributed by atoms with Crippen LogP contribution in [-0.4, -0.2) is 42.8 Å². The molecule has 2 aromatic rings. The molecule has 3 rings (SSSR count). The van der Waals surface area contributed by atoms with Gasteiger partial charge in [0.05, 0.1) is 18.1 Å². The van der Waals surface area contributed by atoms with Crippen LogP contribution in [0.2, 0.25) is 0 Å². The lowest BCUT2D eigenvalue weighted by atomic mass is 10.3. The van der Waals surface area contributed by atoms with Gasteiger partial charge in [0.25, 0.3) is 0 Å². The Morgan fingerprint density at radius 1 is 1.17 bits per heavy atom. The topological polar surface area (TPSA) is 26.7 Å². The van der Waals surface area contributed by atoms with Gasteiger partial charge in [-0.1, -0.05) is 12.1 Å². The lowest BCUT2D eigenvalue weighted by Gasteiger charge is -2.26. The fourth-order valence-electron chi connectivity index (χ4n) is 2.78. The number of aryl methyl sites for hydroxylation is 1. The summed E-state index contributed by atoms with van der Waals surface area (Å²) < 4.78 is 2.24. The van der Waals surface area contributed by atoms with Crippen LogP contribution in [0.1, 0.15) is 5.82 Å². The van der Waals surface area contributed by atoms with Crippen molar-refractivity contribution >= 4 is 11.0 Å². The van der Waals surface area contributed by atoms with Gasteiger partial charge in [0.2, 0.25) is 0 Å². The zero-order valence-electron chi connectivity index (χ0n) is 11.2. The maximum absolute atomic E-state index is 4.76. The minimum atomic E-state index is 1.05. The molecule has 0 aliphatic carbocycles. The number of quaternary nitrogens is 2. The largest absolute Gasteiger partial charge is 0.328 e. The van der Waals surface area contributed by atoms with Gasteiger partial charge in [0.1, 0.15) is 32.7 Å². The molecule has 2 heterocycles. The van der Waals surface area contributed by atoms with Crippen molar-refractivity contribution in [2.75, 3.05) is 33.2 Å². The number of imidazole rings is 1. The molecule has 0 saturated carbocycles. The van der Waals surface area contributed by atoms with Crippen LogP contribution in [0.3, 0.4) is 0 Å². The van der Waals surface area contributed by atoms with Crippen LogP contribution in [0.5, 0.6) is 0 Å². The Hall–Kier alpha value is -1.39.